The molecule has 1 aromatic rings. The van der Waals surface area contributed by atoms with Crippen LogP contribution in [0.3, 0.4) is 0 Å². The minimum atomic E-state index is -4.35. The maximum absolute atomic E-state index is 12.2. The van der Waals surface area contributed by atoms with Crippen molar-refractivity contribution < 1.29 is 22.6 Å². The van der Waals surface area contributed by atoms with Crippen LogP contribution in [0.15, 0.2) is 29.3 Å². The average Bonchev–Trinajstić information content (AvgIpc) is 3.45. The first-order valence-electron chi connectivity index (χ1n) is 9.34. The van der Waals surface area contributed by atoms with Crippen LogP contribution >= 0.6 is 0 Å². The Morgan fingerprint density at radius 3 is 2.78 bits per heavy atom. The monoisotopic (exact) mass is 387 g/mol. The molecule has 0 heterocycles. The van der Waals surface area contributed by atoms with Gasteiger partial charge in [-0.25, -0.2) is 4.99 Å². The van der Waals surface area contributed by atoms with Gasteiger partial charge in [0, 0.05) is 26.3 Å². The molecule has 2 rings (SSSR count). The highest BCUT2D eigenvalue weighted by Gasteiger charge is 2.28. The summed E-state index contributed by atoms with van der Waals surface area (Å²) in [6.45, 7) is 4.07. The minimum absolute atomic E-state index is 0.186. The fraction of sp³-hybridized carbons (Fsp3) is 0.632. The van der Waals surface area contributed by atoms with Gasteiger partial charge in [0.15, 0.2) is 12.6 Å². The number of rotatable bonds is 11. The summed E-state index contributed by atoms with van der Waals surface area (Å²) in [4.78, 5) is 4.47. The molecule has 0 atom stereocenters. The molecule has 0 bridgehead atoms. The van der Waals surface area contributed by atoms with Gasteiger partial charge in [-0.1, -0.05) is 12.1 Å². The van der Waals surface area contributed by atoms with E-state index in [9.17, 15) is 13.2 Å². The second-order valence-corrected chi connectivity index (χ2v) is 6.55. The van der Waals surface area contributed by atoms with Crippen LogP contribution in [0.2, 0.25) is 0 Å². The third kappa shape index (κ3) is 10.1. The largest absolute Gasteiger partial charge is 0.484 e. The zero-order valence-electron chi connectivity index (χ0n) is 15.6. The first-order chi connectivity index (χ1) is 13.0. The van der Waals surface area contributed by atoms with E-state index in [1.165, 1.54) is 18.9 Å². The number of hydrogen-bond acceptors (Lipinski definition) is 3. The molecular weight excluding hydrogens is 359 g/mol. The zero-order chi connectivity index (χ0) is 19.5. The number of aliphatic imine (C=N–C) groups is 1. The first kappa shape index (κ1) is 21.3. The Balaban J connectivity index is 1.75. The quantitative estimate of drug-likeness (QED) is 0.347. The van der Waals surface area contributed by atoms with Crippen molar-refractivity contribution in [3.05, 3.63) is 29.8 Å². The summed E-state index contributed by atoms with van der Waals surface area (Å²) in [5, 5.41) is 6.38. The molecule has 1 saturated carbocycles. The Morgan fingerprint density at radius 2 is 2.07 bits per heavy atom. The van der Waals surface area contributed by atoms with E-state index >= 15 is 0 Å². The molecule has 0 radical (unpaired) electrons. The lowest BCUT2D eigenvalue weighted by Gasteiger charge is -2.12. The van der Waals surface area contributed by atoms with Crippen molar-refractivity contribution in [2.24, 2.45) is 10.9 Å². The average molecular weight is 387 g/mol. The predicted molar refractivity (Wildman–Crippen MR) is 99.0 cm³/mol. The Labute approximate surface area is 158 Å². The maximum Gasteiger partial charge on any atom is 0.422 e. The summed E-state index contributed by atoms with van der Waals surface area (Å²) in [6, 6.07) is 6.54. The summed E-state index contributed by atoms with van der Waals surface area (Å²) in [5.74, 6) is 1.62. The van der Waals surface area contributed by atoms with Crippen molar-refractivity contribution >= 4 is 5.96 Å². The molecule has 0 saturated heterocycles. The lowest BCUT2D eigenvalue weighted by molar-refractivity contribution is -0.153. The number of nitrogens with one attached hydrogen (secondary N) is 2. The topological polar surface area (TPSA) is 54.9 Å². The van der Waals surface area contributed by atoms with Crippen molar-refractivity contribution in [1.82, 2.24) is 10.6 Å². The summed E-state index contributed by atoms with van der Waals surface area (Å²) in [6.07, 6.45) is -0.883. The summed E-state index contributed by atoms with van der Waals surface area (Å²) in [5.41, 5.74) is 0.777. The van der Waals surface area contributed by atoms with Gasteiger partial charge in [0.05, 0.1) is 6.54 Å². The van der Waals surface area contributed by atoms with Gasteiger partial charge in [-0.15, -0.1) is 0 Å². The molecule has 0 spiro atoms. The van der Waals surface area contributed by atoms with E-state index in [0.717, 1.165) is 44.2 Å². The van der Waals surface area contributed by atoms with Gasteiger partial charge in [-0.3, -0.25) is 0 Å². The SMILES string of the molecule is CCNC(=NCc1cccc(OCC(F)(F)F)c1)NCCCOCC1CC1. The molecule has 0 aliphatic heterocycles. The predicted octanol–water partition coefficient (Wildman–Crippen LogP) is 3.50. The number of guanidine groups is 1. The molecule has 2 N–H and O–H groups in total. The van der Waals surface area contributed by atoms with E-state index in [1.807, 2.05) is 6.92 Å². The first-order valence-corrected chi connectivity index (χ1v) is 9.34. The lowest BCUT2D eigenvalue weighted by atomic mass is 10.2. The molecule has 27 heavy (non-hydrogen) atoms. The maximum atomic E-state index is 12.2. The van der Waals surface area contributed by atoms with E-state index in [4.69, 9.17) is 9.47 Å². The smallest absolute Gasteiger partial charge is 0.422 e. The number of benzene rings is 1. The highest BCUT2D eigenvalue weighted by Crippen LogP contribution is 2.28. The van der Waals surface area contributed by atoms with Crippen molar-refractivity contribution in [2.75, 3.05) is 32.9 Å². The Morgan fingerprint density at radius 1 is 1.26 bits per heavy atom. The minimum Gasteiger partial charge on any atom is -0.484 e. The number of alkyl halides is 3. The molecule has 0 aromatic heterocycles. The molecule has 1 aliphatic rings. The molecule has 1 aliphatic carbocycles. The van der Waals surface area contributed by atoms with E-state index < -0.39 is 12.8 Å². The van der Waals surface area contributed by atoms with Crippen LogP contribution in [0.25, 0.3) is 0 Å². The molecule has 0 unspecified atom stereocenters. The van der Waals surface area contributed by atoms with Crippen LogP contribution in [0.4, 0.5) is 13.2 Å². The number of ether oxygens (including phenoxy) is 2. The third-order valence-electron chi connectivity index (χ3n) is 3.87. The Bertz CT molecular complexity index is 590. The van der Waals surface area contributed by atoms with E-state index in [0.29, 0.717) is 12.5 Å². The molecule has 1 aromatic carbocycles. The second-order valence-electron chi connectivity index (χ2n) is 6.55. The molecule has 1 fully saturated rings. The summed E-state index contributed by atoms with van der Waals surface area (Å²) in [7, 11) is 0. The van der Waals surface area contributed by atoms with E-state index in [-0.39, 0.29) is 5.75 Å². The van der Waals surface area contributed by atoms with Gasteiger partial charge in [-0.2, -0.15) is 13.2 Å². The fourth-order valence-corrected chi connectivity index (χ4v) is 2.33. The number of hydrogen-bond donors (Lipinski definition) is 2. The lowest BCUT2D eigenvalue weighted by Crippen LogP contribution is -2.38. The van der Waals surface area contributed by atoms with Gasteiger partial charge in [0.25, 0.3) is 0 Å². The van der Waals surface area contributed by atoms with Gasteiger partial charge < -0.3 is 20.1 Å². The summed E-state index contributed by atoms with van der Waals surface area (Å²) >= 11 is 0. The van der Waals surface area contributed by atoms with Crippen molar-refractivity contribution in [3.8, 4) is 5.75 Å². The molecule has 8 heteroatoms. The van der Waals surface area contributed by atoms with Crippen LogP contribution in [0.1, 0.15) is 31.7 Å². The van der Waals surface area contributed by atoms with Crippen LogP contribution in [0, 0.1) is 5.92 Å². The van der Waals surface area contributed by atoms with Gasteiger partial charge >= 0.3 is 6.18 Å². The van der Waals surface area contributed by atoms with Gasteiger partial charge in [-0.05, 0) is 49.8 Å². The summed E-state index contributed by atoms with van der Waals surface area (Å²) < 4.78 is 47.1. The number of nitrogens with zero attached hydrogens (tertiary/aromatic N) is 1. The normalized spacial score (nSPS) is 14.9. The highest BCUT2D eigenvalue weighted by molar-refractivity contribution is 5.79. The molecular formula is C19H28F3N3O2. The van der Waals surface area contributed by atoms with Crippen LogP contribution in [0.5, 0.6) is 5.75 Å². The van der Waals surface area contributed by atoms with Crippen molar-refractivity contribution in [1.29, 1.82) is 0 Å². The molecule has 5 nitrogen and oxygen atoms in total. The van der Waals surface area contributed by atoms with Gasteiger partial charge in [0.1, 0.15) is 5.75 Å². The van der Waals surface area contributed by atoms with Crippen molar-refractivity contribution in [3.63, 3.8) is 0 Å². The van der Waals surface area contributed by atoms with Crippen LogP contribution < -0.4 is 15.4 Å². The zero-order valence-corrected chi connectivity index (χ0v) is 15.6. The third-order valence-corrected chi connectivity index (χ3v) is 3.87. The molecule has 152 valence electrons. The van der Waals surface area contributed by atoms with Crippen molar-refractivity contribution in [2.45, 2.75) is 38.9 Å². The standard InChI is InChI=1S/C19H28F3N3O2/c1-2-23-18(24-9-4-10-26-13-15-7-8-15)25-12-16-5-3-6-17(11-16)27-14-19(20,21)22/h3,5-6,11,15H,2,4,7-10,12-14H2,1H3,(H2,23,24,25). The van der Waals surface area contributed by atoms with E-state index in [2.05, 4.69) is 15.6 Å². The van der Waals surface area contributed by atoms with E-state index in [1.54, 1.807) is 18.2 Å². The molecule has 0 amide bonds. The highest BCUT2D eigenvalue weighted by atomic mass is 19.4. The van der Waals surface area contributed by atoms with Crippen LogP contribution in [-0.4, -0.2) is 45.0 Å². The van der Waals surface area contributed by atoms with Gasteiger partial charge in [0.2, 0.25) is 0 Å². The number of halogens is 3. The Hall–Kier alpha value is -1.96. The fourth-order valence-electron chi connectivity index (χ4n) is 2.33. The van der Waals surface area contributed by atoms with Crippen LogP contribution in [-0.2, 0) is 11.3 Å². The Kier molecular flexibility index (Phi) is 8.71. The second kappa shape index (κ2) is 11.0.